The zero-order valence-corrected chi connectivity index (χ0v) is 9.90. The van der Waals surface area contributed by atoms with Gasteiger partial charge in [0.25, 0.3) is 0 Å². The van der Waals surface area contributed by atoms with Crippen LogP contribution in [0.2, 0.25) is 0 Å². The van der Waals surface area contributed by atoms with Gasteiger partial charge in [-0.2, -0.15) is 0 Å². The van der Waals surface area contributed by atoms with Crippen LogP contribution in [0.1, 0.15) is 18.1 Å². The maximum absolute atomic E-state index is 5.88. The summed E-state index contributed by atoms with van der Waals surface area (Å²) in [5, 5.41) is 1.05. The Morgan fingerprint density at radius 3 is 2.65 bits per heavy atom. The van der Waals surface area contributed by atoms with Gasteiger partial charge in [0, 0.05) is 11.3 Å². The van der Waals surface area contributed by atoms with Crippen molar-refractivity contribution in [3.05, 3.63) is 36.1 Å². The maximum atomic E-state index is 5.88. The number of ether oxygens (including phenoxy) is 2. The molecule has 1 aromatic heterocycles. The minimum atomic E-state index is 0.415. The van der Waals surface area contributed by atoms with Crippen LogP contribution in [-0.2, 0) is 0 Å². The molecule has 0 fully saturated rings. The number of allylic oxidation sites excluding steroid dienone is 2. The summed E-state index contributed by atoms with van der Waals surface area (Å²) in [5.74, 6) is 2.77. The Hall–Kier alpha value is -1.90. The zero-order chi connectivity index (χ0) is 11.8. The summed E-state index contributed by atoms with van der Waals surface area (Å²) in [6.07, 6.45) is 5.36. The summed E-state index contributed by atoms with van der Waals surface area (Å²) in [7, 11) is 3.25. The Kier molecular flexibility index (Phi) is 2.32. The molecule has 0 radical (unpaired) electrons. The SMILES string of the molecule is COc1ccc2cc(C3C=CC3)oc2c1OC. The van der Waals surface area contributed by atoms with E-state index in [0.29, 0.717) is 17.4 Å². The molecule has 0 saturated carbocycles. The van der Waals surface area contributed by atoms with Crippen molar-refractivity contribution in [1.82, 2.24) is 0 Å². The largest absolute Gasteiger partial charge is 0.493 e. The standard InChI is InChI=1S/C14H14O3/c1-15-11-7-6-10-8-12(9-4-3-5-9)17-13(10)14(11)16-2/h3-4,6-9H,5H2,1-2H3. The summed E-state index contributed by atoms with van der Waals surface area (Å²) in [5.41, 5.74) is 0.766. The number of hydrogen-bond donors (Lipinski definition) is 0. The van der Waals surface area contributed by atoms with Crippen molar-refractivity contribution >= 4 is 11.0 Å². The van der Waals surface area contributed by atoms with Crippen LogP contribution >= 0.6 is 0 Å². The minimum absolute atomic E-state index is 0.415. The Labute approximate surface area is 99.6 Å². The van der Waals surface area contributed by atoms with Gasteiger partial charge >= 0.3 is 0 Å². The highest BCUT2D eigenvalue weighted by Crippen LogP contribution is 2.40. The van der Waals surface area contributed by atoms with E-state index < -0.39 is 0 Å². The molecule has 0 N–H and O–H groups in total. The fraction of sp³-hybridized carbons (Fsp3) is 0.286. The molecule has 1 unspecified atom stereocenters. The van der Waals surface area contributed by atoms with Crippen molar-refractivity contribution in [2.24, 2.45) is 0 Å². The van der Waals surface area contributed by atoms with Crippen LogP contribution < -0.4 is 9.47 Å². The third kappa shape index (κ3) is 1.50. The van der Waals surface area contributed by atoms with E-state index in [2.05, 4.69) is 18.2 Å². The van der Waals surface area contributed by atoms with Crippen molar-refractivity contribution < 1.29 is 13.9 Å². The first kappa shape index (κ1) is 10.3. The van der Waals surface area contributed by atoms with Gasteiger partial charge in [-0.3, -0.25) is 0 Å². The first-order chi connectivity index (χ1) is 8.33. The molecular weight excluding hydrogens is 216 g/mol. The number of rotatable bonds is 3. The second-order valence-corrected chi connectivity index (χ2v) is 4.14. The zero-order valence-electron chi connectivity index (χ0n) is 9.90. The molecule has 1 atom stereocenters. The Bertz CT molecular complexity index is 580. The van der Waals surface area contributed by atoms with Gasteiger partial charge < -0.3 is 13.9 Å². The van der Waals surface area contributed by atoms with Crippen LogP contribution in [-0.4, -0.2) is 14.2 Å². The Morgan fingerprint density at radius 1 is 1.24 bits per heavy atom. The van der Waals surface area contributed by atoms with Crippen molar-refractivity contribution in [1.29, 1.82) is 0 Å². The van der Waals surface area contributed by atoms with Crippen LogP contribution in [0.5, 0.6) is 11.5 Å². The smallest absolute Gasteiger partial charge is 0.204 e. The average Bonchev–Trinajstić information content (AvgIpc) is 2.68. The molecule has 3 heteroatoms. The van der Waals surface area contributed by atoms with E-state index in [9.17, 15) is 0 Å². The van der Waals surface area contributed by atoms with E-state index in [1.165, 1.54) is 0 Å². The lowest BCUT2D eigenvalue weighted by Crippen LogP contribution is -1.98. The fourth-order valence-electron chi connectivity index (χ4n) is 2.10. The molecule has 0 amide bonds. The highest BCUT2D eigenvalue weighted by Gasteiger charge is 2.20. The lowest BCUT2D eigenvalue weighted by molar-refractivity contribution is 0.352. The summed E-state index contributed by atoms with van der Waals surface area (Å²) in [4.78, 5) is 0. The van der Waals surface area contributed by atoms with Gasteiger partial charge in [-0.1, -0.05) is 12.2 Å². The van der Waals surface area contributed by atoms with Gasteiger partial charge in [0.2, 0.25) is 5.75 Å². The van der Waals surface area contributed by atoms with Gasteiger partial charge in [-0.25, -0.2) is 0 Å². The molecule has 0 saturated heterocycles. The second kappa shape index (κ2) is 3.84. The van der Waals surface area contributed by atoms with E-state index in [-0.39, 0.29) is 0 Å². The molecule has 1 aliphatic rings. The predicted octanol–water partition coefficient (Wildman–Crippen LogP) is 3.49. The van der Waals surface area contributed by atoms with Crippen LogP contribution in [0.25, 0.3) is 11.0 Å². The van der Waals surface area contributed by atoms with Gasteiger partial charge in [0.15, 0.2) is 11.3 Å². The average molecular weight is 230 g/mol. The van der Waals surface area contributed by atoms with E-state index in [1.807, 2.05) is 12.1 Å². The topological polar surface area (TPSA) is 31.6 Å². The van der Waals surface area contributed by atoms with Crippen LogP contribution in [0.3, 0.4) is 0 Å². The summed E-state index contributed by atoms with van der Waals surface area (Å²) in [6.45, 7) is 0. The molecule has 0 spiro atoms. The van der Waals surface area contributed by atoms with Gasteiger partial charge in [-0.15, -0.1) is 0 Å². The lowest BCUT2D eigenvalue weighted by Gasteiger charge is -2.13. The fourth-order valence-corrected chi connectivity index (χ4v) is 2.10. The summed E-state index contributed by atoms with van der Waals surface area (Å²) < 4.78 is 16.5. The highest BCUT2D eigenvalue weighted by molar-refractivity contribution is 5.86. The number of hydrogen-bond acceptors (Lipinski definition) is 3. The molecule has 1 aliphatic carbocycles. The van der Waals surface area contributed by atoms with Crippen molar-refractivity contribution in [2.45, 2.75) is 12.3 Å². The molecule has 0 bridgehead atoms. The van der Waals surface area contributed by atoms with Gasteiger partial charge in [-0.05, 0) is 24.6 Å². The molecule has 17 heavy (non-hydrogen) atoms. The first-order valence-electron chi connectivity index (χ1n) is 5.64. The molecule has 2 aromatic rings. The number of benzene rings is 1. The minimum Gasteiger partial charge on any atom is -0.493 e. The lowest BCUT2D eigenvalue weighted by atomic mass is 9.93. The molecule has 3 nitrogen and oxygen atoms in total. The third-order valence-corrected chi connectivity index (χ3v) is 3.17. The molecule has 88 valence electrons. The molecule has 1 heterocycles. The Morgan fingerprint density at radius 2 is 2.06 bits per heavy atom. The monoisotopic (exact) mass is 230 g/mol. The number of fused-ring (bicyclic) bond motifs is 1. The van der Waals surface area contributed by atoms with Crippen molar-refractivity contribution in [3.8, 4) is 11.5 Å². The molecular formula is C14H14O3. The summed E-state index contributed by atoms with van der Waals surface area (Å²) in [6, 6.07) is 5.97. The quantitative estimate of drug-likeness (QED) is 0.756. The highest BCUT2D eigenvalue weighted by atomic mass is 16.5. The summed E-state index contributed by atoms with van der Waals surface area (Å²) >= 11 is 0. The molecule has 1 aromatic carbocycles. The van der Waals surface area contributed by atoms with E-state index in [0.717, 1.165) is 23.2 Å². The predicted molar refractivity (Wildman–Crippen MR) is 65.8 cm³/mol. The first-order valence-corrected chi connectivity index (χ1v) is 5.64. The van der Waals surface area contributed by atoms with Gasteiger partial charge in [0.05, 0.1) is 14.2 Å². The second-order valence-electron chi connectivity index (χ2n) is 4.14. The number of methoxy groups -OCH3 is 2. The van der Waals surface area contributed by atoms with Crippen molar-refractivity contribution in [3.63, 3.8) is 0 Å². The van der Waals surface area contributed by atoms with Gasteiger partial charge in [0.1, 0.15) is 5.76 Å². The molecule has 3 rings (SSSR count). The van der Waals surface area contributed by atoms with E-state index >= 15 is 0 Å². The van der Waals surface area contributed by atoms with Crippen LogP contribution in [0, 0.1) is 0 Å². The Balaban J connectivity index is 2.17. The van der Waals surface area contributed by atoms with Crippen LogP contribution in [0.4, 0.5) is 0 Å². The number of furan rings is 1. The normalized spacial score (nSPS) is 18.1. The van der Waals surface area contributed by atoms with E-state index in [4.69, 9.17) is 13.9 Å². The van der Waals surface area contributed by atoms with E-state index in [1.54, 1.807) is 14.2 Å². The maximum Gasteiger partial charge on any atom is 0.204 e. The molecule has 0 aliphatic heterocycles. The van der Waals surface area contributed by atoms with Crippen LogP contribution in [0.15, 0.2) is 34.8 Å². The third-order valence-electron chi connectivity index (χ3n) is 3.17. The van der Waals surface area contributed by atoms with Crippen molar-refractivity contribution in [2.75, 3.05) is 14.2 Å².